The standard InChI is InChI=1S/C18H25N3/c1-6-8-14-9-7-10-15(11-14)16-13(4)18(19-5)21-17(20-16)12(2)3/h7,9-12H,6,8H2,1-5H3,(H,19,20,21). The second-order valence-electron chi connectivity index (χ2n) is 5.76. The fraction of sp³-hybridized carbons (Fsp3) is 0.444. The van der Waals surface area contributed by atoms with Gasteiger partial charge in [-0.2, -0.15) is 0 Å². The molecule has 1 N–H and O–H groups in total. The lowest BCUT2D eigenvalue weighted by atomic mass is 10.0. The van der Waals surface area contributed by atoms with Gasteiger partial charge in [0.1, 0.15) is 11.6 Å². The van der Waals surface area contributed by atoms with Crippen LogP contribution in [-0.2, 0) is 6.42 Å². The van der Waals surface area contributed by atoms with Crippen molar-refractivity contribution in [2.75, 3.05) is 12.4 Å². The highest BCUT2D eigenvalue weighted by atomic mass is 15.0. The number of nitrogens with one attached hydrogen (secondary N) is 1. The molecular weight excluding hydrogens is 258 g/mol. The lowest BCUT2D eigenvalue weighted by Gasteiger charge is -2.14. The fourth-order valence-electron chi connectivity index (χ4n) is 2.48. The average molecular weight is 283 g/mol. The van der Waals surface area contributed by atoms with Crippen molar-refractivity contribution in [3.8, 4) is 11.3 Å². The maximum atomic E-state index is 4.80. The number of hydrogen-bond donors (Lipinski definition) is 1. The van der Waals surface area contributed by atoms with E-state index in [1.807, 2.05) is 7.05 Å². The molecule has 0 spiro atoms. The molecular formula is C18H25N3. The van der Waals surface area contributed by atoms with E-state index in [9.17, 15) is 0 Å². The first-order chi connectivity index (χ1) is 10.1. The minimum atomic E-state index is 0.315. The van der Waals surface area contributed by atoms with Gasteiger partial charge in [0.05, 0.1) is 5.69 Å². The molecule has 2 aromatic rings. The molecule has 0 atom stereocenters. The highest BCUT2D eigenvalue weighted by Crippen LogP contribution is 2.28. The Morgan fingerprint density at radius 3 is 2.57 bits per heavy atom. The minimum Gasteiger partial charge on any atom is -0.373 e. The monoisotopic (exact) mass is 283 g/mol. The summed E-state index contributed by atoms with van der Waals surface area (Å²) in [5, 5.41) is 3.19. The van der Waals surface area contributed by atoms with Crippen LogP contribution in [0.3, 0.4) is 0 Å². The number of rotatable bonds is 5. The summed E-state index contributed by atoms with van der Waals surface area (Å²) in [5.41, 5.74) is 4.69. The molecule has 0 saturated carbocycles. The summed E-state index contributed by atoms with van der Waals surface area (Å²) >= 11 is 0. The molecule has 1 aromatic carbocycles. The Hall–Kier alpha value is -1.90. The van der Waals surface area contributed by atoms with Crippen molar-refractivity contribution < 1.29 is 0 Å². The predicted octanol–water partition coefficient (Wildman–Crippen LogP) is 4.57. The van der Waals surface area contributed by atoms with Gasteiger partial charge in [0.15, 0.2) is 0 Å². The maximum Gasteiger partial charge on any atom is 0.133 e. The molecule has 3 nitrogen and oxygen atoms in total. The molecule has 0 fully saturated rings. The Bertz CT molecular complexity index is 618. The van der Waals surface area contributed by atoms with Gasteiger partial charge in [-0.25, -0.2) is 9.97 Å². The van der Waals surface area contributed by atoms with E-state index in [4.69, 9.17) is 4.98 Å². The lowest BCUT2D eigenvalue weighted by molar-refractivity contribution is 0.775. The van der Waals surface area contributed by atoms with Crippen molar-refractivity contribution in [1.82, 2.24) is 9.97 Å². The van der Waals surface area contributed by atoms with Crippen molar-refractivity contribution in [3.63, 3.8) is 0 Å². The van der Waals surface area contributed by atoms with Crippen molar-refractivity contribution >= 4 is 5.82 Å². The van der Waals surface area contributed by atoms with Crippen molar-refractivity contribution in [1.29, 1.82) is 0 Å². The SMILES string of the molecule is CCCc1cccc(-c2nc(C(C)C)nc(NC)c2C)c1. The van der Waals surface area contributed by atoms with Gasteiger partial charge >= 0.3 is 0 Å². The second-order valence-corrected chi connectivity index (χ2v) is 5.76. The quantitative estimate of drug-likeness (QED) is 0.873. The van der Waals surface area contributed by atoms with Crippen molar-refractivity contribution in [2.24, 2.45) is 0 Å². The van der Waals surface area contributed by atoms with Gasteiger partial charge in [0, 0.05) is 24.1 Å². The van der Waals surface area contributed by atoms with E-state index < -0.39 is 0 Å². The third kappa shape index (κ3) is 3.41. The van der Waals surface area contributed by atoms with E-state index in [2.05, 4.69) is 62.3 Å². The first-order valence-corrected chi connectivity index (χ1v) is 7.72. The molecule has 21 heavy (non-hydrogen) atoms. The van der Waals surface area contributed by atoms with Crippen LogP contribution >= 0.6 is 0 Å². The Morgan fingerprint density at radius 2 is 1.95 bits per heavy atom. The molecule has 1 aromatic heterocycles. The van der Waals surface area contributed by atoms with Gasteiger partial charge < -0.3 is 5.32 Å². The number of aromatic nitrogens is 2. The molecule has 0 aliphatic heterocycles. The van der Waals surface area contributed by atoms with Crippen molar-refractivity contribution in [3.05, 3.63) is 41.2 Å². The van der Waals surface area contributed by atoms with Gasteiger partial charge in [0.2, 0.25) is 0 Å². The average Bonchev–Trinajstić information content (AvgIpc) is 2.48. The van der Waals surface area contributed by atoms with Crippen LogP contribution in [0.2, 0.25) is 0 Å². The summed E-state index contributed by atoms with van der Waals surface area (Å²) in [6, 6.07) is 8.70. The molecule has 0 radical (unpaired) electrons. The lowest BCUT2D eigenvalue weighted by Crippen LogP contribution is -2.06. The molecule has 1 heterocycles. The zero-order valence-corrected chi connectivity index (χ0v) is 13.7. The smallest absolute Gasteiger partial charge is 0.133 e. The molecule has 3 heteroatoms. The molecule has 0 unspecified atom stereocenters. The van der Waals surface area contributed by atoms with Gasteiger partial charge in [-0.1, -0.05) is 45.4 Å². The number of anilines is 1. The number of nitrogens with zero attached hydrogens (tertiary/aromatic N) is 2. The summed E-state index contributed by atoms with van der Waals surface area (Å²) < 4.78 is 0. The minimum absolute atomic E-state index is 0.315. The van der Waals surface area contributed by atoms with Gasteiger partial charge in [-0.3, -0.25) is 0 Å². The molecule has 0 amide bonds. The largest absolute Gasteiger partial charge is 0.373 e. The van der Waals surface area contributed by atoms with Crippen molar-refractivity contribution in [2.45, 2.75) is 46.5 Å². The van der Waals surface area contributed by atoms with Crippen LogP contribution in [0, 0.1) is 6.92 Å². The van der Waals surface area contributed by atoms with E-state index in [0.29, 0.717) is 5.92 Å². The fourth-order valence-corrected chi connectivity index (χ4v) is 2.48. The first-order valence-electron chi connectivity index (χ1n) is 7.72. The van der Waals surface area contributed by atoms with E-state index in [1.165, 1.54) is 11.1 Å². The predicted molar refractivity (Wildman–Crippen MR) is 89.8 cm³/mol. The van der Waals surface area contributed by atoms with E-state index in [0.717, 1.165) is 35.7 Å². The Morgan fingerprint density at radius 1 is 1.19 bits per heavy atom. The van der Waals surface area contributed by atoms with E-state index in [-0.39, 0.29) is 0 Å². The van der Waals surface area contributed by atoms with Crippen LogP contribution in [-0.4, -0.2) is 17.0 Å². The van der Waals surface area contributed by atoms with E-state index in [1.54, 1.807) is 0 Å². The molecule has 0 aliphatic carbocycles. The van der Waals surface area contributed by atoms with Gasteiger partial charge in [-0.05, 0) is 25.0 Å². The molecule has 0 aliphatic rings. The third-order valence-electron chi connectivity index (χ3n) is 3.66. The third-order valence-corrected chi connectivity index (χ3v) is 3.66. The van der Waals surface area contributed by atoms with Crippen LogP contribution < -0.4 is 5.32 Å². The number of hydrogen-bond acceptors (Lipinski definition) is 3. The summed E-state index contributed by atoms with van der Waals surface area (Å²) in [6.07, 6.45) is 2.26. The van der Waals surface area contributed by atoms with E-state index >= 15 is 0 Å². The highest BCUT2D eigenvalue weighted by molar-refractivity contribution is 5.68. The summed E-state index contributed by atoms with van der Waals surface area (Å²) in [7, 11) is 1.91. The Balaban J connectivity index is 2.56. The van der Waals surface area contributed by atoms with Gasteiger partial charge in [0.25, 0.3) is 0 Å². The van der Waals surface area contributed by atoms with Crippen LogP contribution in [0.5, 0.6) is 0 Å². The number of benzene rings is 1. The number of aryl methyl sites for hydroxylation is 1. The van der Waals surface area contributed by atoms with Crippen LogP contribution in [0.4, 0.5) is 5.82 Å². The highest BCUT2D eigenvalue weighted by Gasteiger charge is 2.14. The zero-order chi connectivity index (χ0) is 15.4. The Kier molecular flexibility index (Phi) is 4.94. The molecule has 0 bridgehead atoms. The van der Waals surface area contributed by atoms with Crippen LogP contribution in [0.1, 0.15) is 50.1 Å². The first kappa shape index (κ1) is 15.5. The second kappa shape index (κ2) is 6.70. The topological polar surface area (TPSA) is 37.8 Å². The summed E-state index contributed by atoms with van der Waals surface area (Å²) in [5.74, 6) is 2.13. The zero-order valence-electron chi connectivity index (χ0n) is 13.7. The summed E-state index contributed by atoms with van der Waals surface area (Å²) in [4.78, 5) is 9.41. The Labute approximate surface area is 127 Å². The van der Waals surface area contributed by atoms with Gasteiger partial charge in [-0.15, -0.1) is 0 Å². The normalized spacial score (nSPS) is 11.0. The molecule has 112 valence electrons. The summed E-state index contributed by atoms with van der Waals surface area (Å²) in [6.45, 7) is 8.54. The van der Waals surface area contributed by atoms with Crippen LogP contribution in [0.15, 0.2) is 24.3 Å². The molecule has 0 saturated heterocycles. The van der Waals surface area contributed by atoms with Crippen LogP contribution in [0.25, 0.3) is 11.3 Å². The maximum absolute atomic E-state index is 4.80. The molecule has 2 rings (SSSR count).